The molecule has 0 radical (unpaired) electrons. The summed E-state index contributed by atoms with van der Waals surface area (Å²) in [5.41, 5.74) is 1.22. The number of benzene rings is 1. The molecule has 1 rings (SSSR count). The van der Waals surface area contributed by atoms with E-state index in [2.05, 4.69) is 26.0 Å². The molecule has 0 spiro atoms. The normalized spacial score (nSPS) is 9.82. The fourth-order valence-corrected chi connectivity index (χ4v) is 1.83. The number of methoxy groups -OCH3 is 1. The van der Waals surface area contributed by atoms with Gasteiger partial charge in [0.2, 0.25) is 5.91 Å². The molecule has 1 amide bonds. The lowest BCUT2D eigenvalue weighted by Gasteiger charge is -2.11. The molecule has 1 aromatic carbocycles. The zero-order valence-corrected chi connectivity index (χ0v) is 11.5. The van der Waals surface area contributed by atoms with Gasteiger partial charge in [-0.05, 0) is 27.6 Å². The molecule has 0 saturated heterocycles. The second-order valence-corrected chi connectivity index (χ2v) is 4.33. The largest absolute Gasteiger partial charge is 0.469 e. The number of carbonyl (C=O) groups excluding carboxylic acids is 2. The Bertz CT molecular complexity index is 437. The van der Waals surface area contributed by atoms with Crippen LogP contribution in [0.15, 0.2) is 22.7 Å². The zero-order valence-electron chi connectivity index (χ0n) is 9.13. The van der Waals surface area contributed by atoms with Crippen LogP contribution >= 0.6 is 27.5 Å². The topological polar surface area (TPSA) is 55.4 Å². The average molecular weight is 321 g/mol. The lowest BCUT2D eigenvalue weighted by molar-refractivity contribution is -0.139. The fraction of sp³-hybridized carbons (Fsp3) is 0.273. The van der Waals surface area contributed by atoms with Gasteiger partial charge in [0, 0.05) is 4.47 Å². The number of halogens is 2. The van der Waals surface area contributed by atoms with E-state index < -0.39 is 0 Å². The number of nitrogens with one attached hydrogen (secondary N) is 1. The number of alkyl halides is 1. The summed E-state index contributed by atoms with van der Waals surface area (Å²) in [5, 5.41) is 2.63. The van der Waals surface area contributed by atoms with Gasteiger partial charge in [-0.1, -0.05) is 12.1 Å². The molecule has 0 heterocycles. The highest BCUT2D eigenvalue weighted by Gasteiger charge is 2.12. The first-order valence-electron chi connectivity index (χ1n) is 4.78. The number of carbonyl (C=O) groups is 2. The molecule has 0 aromatic heterocycles. The van der Waals surface area contributed by atoms with Crippen molar-refractivity contribution in [3.8, 4) is 0 Å². The summed E-state index contributed by atoms with van der Waals surface area (Å²) in [7, 11) is 1.32. The zero-order chi connectivity index (χ0) is 12.8. The molecule has 1 aromatic rings. The molecule has 0 atom stereocenters. The minimum Gasteiger partial charge on any atom is -0.469 e. The summed E-state index contributed by atoms with van der Waals surface area (Å²) in [5.74, 6) is -0.840. The maximum absolute atomic E-state index is 11.3. The maximum Gasteiger partial charge on any atom is 0.310 e. The van der Waals surface area contributed by atoms with Crippen molar-refractivity contribution in [2.45, 2.75) is 6.42 Å². The highest BCUT2D eigenvalue weighted by Crippen LogP contribution is 2.27. The first kappa shape index (κ1) is 14.0. The molecule has 1 N–H and O–H groups in total. The van der Waals surface area contributed by atoms with E-state index in [1.54, 1.807) is 18.2 Å². The van der Waals surface area contributed by atoms with Gasteiger partial charge in [0.05, 0.1) is 19.2 Å². The summed E-state index contributed by atoms with van der Waals surface area (Å²) < 4.78 is 5.28. The molecule has 0 aliphatic carbocycles. The first-order chi connectivity index (χ1) is 8.08. The monoisotopic (exact) mass is 319 g/mol. The standard InChI is InChI=1S/C11H11BrClNO3/c1-17-10(16)5-7-3-2-4-8(12)11(7)14-9(15)6-13/h2-4H,5-6H2,1H3,(H,14,15). The van der Waals surface area contributed by atoms with Crippen LogP contribution in [0, 0.1) is 0 Å². The molecule has 0 saturated carbocycles. The lowest BCUT2D eigenvalue weighted by Crippen LogP contribution is -2.16. The third-order valence-corrected chi connectivity index (χ3v) is 2.95. The Morgan fingerprint density at radius 1 is 1.47 bits per heavy atom. The van der Waals surface area contributed by atoms with Gasteiger partial charge in [-0.3, -0.25) is 9.59 Å². The number of esters is 1. The molecule has 0 unspecified atom stereocenters. The van der Waals surface area contributed by atoms with Gasteiger partial charge >= 0.3 is 5.97 Å². The van der Waals surface area contributed by atoms with Crippen molar-refractivity contribution in [2.75, 3.05) is 18.3 Å². The molecule has 0 aliphatic rings. The van der Waals surface area contributed by atoms with E-state index in [0.717, 1.165) is 0 Å². The van der Waals surface area contributed by atoms with Gasteiger partial charge in [0.15, 0.2) is 0 Å². The van der Waals surface area contributed by atoms with Gasteiger partial charge < -0.3 is 10.1 Å². The van der Waals surface area contributed by atoms with Crippen LogP contribution in [0.5, 0.6) is 0 Å². The minimum atomic E-state index is -0.371. The van der Waals surface area contributed by atoms with Crippen LogP contribution in [0.4, 0.5) is 5.69 Å². The number of rotatable bonds is 4. The third-order valence-electron chi connectivity index (χ3n) is 2.05. The predicted octanol–water partition coefficient (Wildman–Crippen LogP) is 2.34. The van der Waals surface area contributed by atoms with Crippen molar-refractivity contribution < 1.29 is 14.3 Å². The fourth-order valence-electron chi connectivity index (χ4n) is 1.26. The molecule has 0 bridgehead atoms. The van der Waals surface area contributed by atoms with Crippen LogP contribution in [-0.2, 0) is 20.7 Å². The van der Waals surface area contributed by atoms with Gasteiger partial charge in [0.25, 0.3) is 0 Å². The number of hydrogen-bond acceptors (Lipinski definition) is 3. The second-order valence-electron chi connectivity index (χ2n) is 3.21. The quantitative estimate of drug-likeness (QED) is 0.684. The Labute approximate surface area is 112 Å². The lowest BCUT2D eigenvalue weighted by atomic mass is 10.1. The van der Waals surface area contributed by atoms with Crippen LogP contribution < -0.4 is 5.32 Å². The summed E-state index contributed by atoms with van der Waals surface area (Å²) in [6.07, 6.45) is 0.0911. The van der Waals surface area contributed by atoms with Crippen LogP contribution in [0.3, 0.4) is 0 Å². The maximum atomic E-state index is 11.3. The smallest absolute Gasteiger partial charge is 0.310 e. The van der Waals surface area contributed by atoms with E-state index in [1.165, 1.54) is 7.11 Å². The van der Waals surface area contributed by atoms with Crippen LogP contribution in [0.1, 0.15) is 5.56 Å². The van der Waals surface area contributed by atoms with Crippen molar-refractivity contribution in [1.82, 2.24) is 0 Å². The van der Waals surface area contributed by atoms with E-state index in [1.807, 2.05) is 0 Å². The Kier molecular flexibility index (Phi) is 5.44. The van der Waals surface area contributed by atoms with Crippen molar-refractivity contribution in [3.63, 3.8) is 0 Å². The van der Waals surface area contributed by atoms with E-state index in [-0.39, 0.29) is 24.2 Å². The highest BCUT2D eigenvalue weighted by atomic mass is 79.9. The van der Waals surface area contributed by atoms with Crippen LogP contribution in [-0.4, -0.2) is 24.9 Å². The second kappa shape index (κ2) is 6.61. The van der Waals surface area contributed by atoms with Crippen LogP contribution in [0.2, 0.25) is 0 Å². The van der Waals surface area contributed by atoms with Crippen LogP contribution in [0.25, 0.3) is 0 Å². The Hall–Kier alpha value is -1.07. The molecule has 17 heavy (non-hydrogen) atoms. The van der Waals surface area contributed by atoms with E-state index in [0.29, 0.717) is 15.7 Å². The predicted molar refractivity (Wildman–Crippen MR) is 69.2 cm³/mol. The molecule has 92 valence electrons. The van der Waals surface area contributed by atoms with Gasteiger partial charge in [0.1, 0.15) is 5.88 Å². The number of para-hydroxylation sites is 1. The van der Waals surface area contributed by atoms with E-state index in [4.69, 9.17) is 11.6 Å². The number of ether oxygens (including phenoxy) is 1. The van der Waals surface area contributed by atoms with Crippen molar-refractivity contribution >= 4 is 45.1 Å². The molecule has 4 nitrogen and oxygen atoms in total. The van der Waals surface area contributed by atoms with E-state index >= 15 is 0 Å². The van der Waals surface area contributed by atoms with Gasteiger partial charge in [-0.2, -0.15) is 0 Å². The van der Waals surface area contributed by atoms with Crippen molar-refractivity contribution in [3.05, 3.63) is 28.2 Å². The minimum absolute atomic E-state index is 0.0911. The Morgan fingerprint density at radius 3 is 2.76 bits per heavy atom. The molecular weight excluding hydrogens is 309 g/mol. The van der Waals surface area contributed by atoms with E-state index in [9.17, 15) is 9.59 Å². The average Bonchev–Trinajstić information content (AvgIpc) is 2.33. The van der Waals surface area contributed by atoms with Gasteiger partial charge in [-0.15, -0.1) is 11.6 Å². The Balaban J connectivity index is 2.99. The molecule has 0 fully saturated rings. The summed E-state index contributed by atoms with van der Waals surface area (Å²) in [6, 6.07) is 5.29. The van der Waals surface area contributed by atoms with Crippen molar-refractivity contribution in [1.29, 1.82) is 0 Å². The summed E-state index contributed by atoms with van der Waals surface area (Å²) in [4.78, 5) is 22.5. The number of amides is 1. The summed E-state index contributed by atoms with van der Waals surface area (Å²) in [6.45, 7) is 0. The molecule has 6 heteroatoms. The van der Waals surface area contributed by atoms with Gasteiger partial charge in [-0.25, -0.2) is 0 Å². The first-order valence-corrected chi connectivity index (χ1v) is 6.11. The summed E-state index contributed by atoms with van der Waals surface area (Å²) >= 11 is 8.73. The molecule has 0 aliphatic heterocycles. The number of hydrogen-bond donors (Lipinski definition) is 1. The van der Waals surface area contributed by atoms with Crippen molar-refractivity contribution in [2.24, 2.45) is 0 Å². The highest BCUT2D eigenvalue weighted by molar-refractivity contribution is 9.10. The number of anilines is 1. The SMILES string of the molecule is COC(=O)Cc1cccc(Br)c1NC(=O)CCl. The Morgan fingerprint density at radius 2 is 2.18 bits per heavy atom. The third kappa shape index (κ3) is 4.02. The molecular formula is C11H11BrClNO3.